The van der Waals surface area contributed by atoms with E-state index in [9.17, 15) is 4.79 Å². The van der Waals surface area contributed by atoms with Crippen LogP contribution in [0.5, 0.6) is 11.5 Å². The first-order valence-corrected chi connectivity index (χ1v) is 8.23. The lowest BCUT2D eigenvalue weighted by Crippen LogP contribution is -2.38. The molecule has 0 radical (unpaired) electrons. The second-order valence-corrected chi connectivity index (χ2v) is 6.06. The lowest BCUT2D eigenvalue weighted by molar-refractivity contribution is -0.127. The second-order valence-electron chi connectivity index (χ2n) is 5.65. The highest BCUT2D eigenvalue weighted by Crippen LogP contribution is 2.24. The Morgan fingerprint density at radius 2 is 1.83 bits per heavy atom. The molecule has 0 saturated heterocycles. The fourth-order valence-electron chi connectivity index (χ4n) is 2.29. The SMILES string of the molecule is Cc1cc(C)cc(OCCNC(=O)C(C)Oc2ccccc2Cl)c1. The average molecular weight is 348 g/mol. The summed E-state index contributed by atoms with van der Waals surface area (Å²) in [5.74, 6) is 1.09. The van der Waals surface area contributed by atoms with E-state index in [1.165, 1.54) is 0 Å². The Balaban J connectivity index is 1.75. The van der Waals surface area contributed by atoms with Gasteiger partial charge in [-0.25, -0.2) is 0 Å². The van der Waals surface area contributed by atoms with Crippen LogP contribution in [0, 0.1) is 13.8 Å². The summed E-state index contributed by atoms with van der Waals surface area (Å²) < 4.78 is 11.2. The van der Waals surface area contributed by atoms with Crippen LogP contribution in [0.25, 0.3) is 0 Å². The molecule has 5 heteroatoms. The molecule has 1 N–H and O–H groups in total. The van der Waals surface area contributed by atoms with Gasteiger partial charge in [-0.1, -0.05) is 29.8 Å². The van der Waals surface area contributed by atoms with Crippen molar-refractivity contribution in [3.8, 4) is 11.5 Å². The molecule has 2 rings (SSSR count). The smallest absolute Gasteiger partial charge is 0.260 e. The summed E-state index contributed by atoms with van der Waals surface area (Å²) in [6, 6.07) is 13.1. The number of hydrogen-bond acceptors (Lipinski definition) is 3. The van der Waals surface area contributed by atoms with Crippen LogP contribution in [-0.2, 0) is 4.79 Å². The van der Waals surface area contributed by atoms with Gasteiger partial charge in [0.1, 0.15) is 18.1 Å². The number of benzene rings is 2. The summed E-state index contributed by atoms with van der Waals surface area (Å²) in [6.45, 7) is 6.53. The Kier molecular flexibility index (Phi) is 6.50. The molecule has 2 aromatic carbocycles. The van der Waals surface area contributed by atoms with Crippen molar-refractivity contribution in [3.05, 3.63) is 58.6 Å². The maximum atomic E-state index is 12.0. The maximum absolute atomic E-state index is 12.0. The minimum atomic E-state index is -0.633. The van der Waals surface area contributed by atoms with Crippen LogP contribution in [0.2, 0.25) is 5.02 Å². The normalized spacial score (nSPS) is 11.7. The van der Waals surface area contributed by atoms with Gasteiger partial charge in [0.05, 0.1) is 11.6 Å². The van der Waals surface area contributed by atoms with Gasteiger partial charge in [0.2, 0.25) is 0 Å². The average Bonchev–Trinajstić information content (AvgIpc) is 2.52. The number of halogens is 1. The van der Waals surface area contributed by atoms with Crippen molar-refractivity contribution in [2.45, 2.75) is 26.9 Å². The standard InChI is InChI=1S/C19H22ClNO3/c1-13-10-14(2)12-16(11-13)23-9-8-21-19(22)15(3)24-18-7-5-4-6-17(18)20/h4-7,10-12,15H,8-9H2,1-3H3,(H,21,22). The van der Waals surface area contributed by atoms with Gasteiger partial charge in [-0.15, -0.1) is 0 Å². The van der Waals surface area contributed by atoms with Gasteiger partial charge in [-0.3, -0.25) is 4.79 Å². The Labute approximate surface area is 147 Å². The van der Waals surface area contributed by atoms with Gasteiger partial charge in [0.25, 0.3) is 5.91 Å². The van der Waals surface area contributed by atoms with E-state index in [4.69, 9.17) is 21.1 Å². The summed E-state index contributed by atoms with van der Waals surface area (Å²) >= 11 is 6.02. The number of para-hydroxylation sites is 1. The highest BCUT2D eigenvalue weighted by Gasteiger charge is 2.15. The summed E-state index contributed by atoms with van der Waals surface area (Å²) in [5.41, 5.74) is 2.30. The Hall–Kier alpha value is -2.20. The molecule has 0 saturated carbocycles. The highest BCUT2D eigenvalue weighted by atomic mass is 35.5. The lowest BCUT2D eigenvalue weighted by atomic mass is 10.1. The molecule has 128 valence electrons. The monoisotopic (exact) mass is 347 g/mol. The van der Waals surface area contributed by atoms with E-state index < -0.39 is 6.10 Å². The van der Waals surface area contributed by atoms with E-state index in [1.807, 2.05) is 38.1 Å². The van der Waals surface area contributed by atoms with Gasteiger partial charge in [0.15, 0.2) is 6.10 Å². The van der Waals surface area contributed by atoms with Crippen LogP contribution < -0.4 is 14.8 Å². The van der Waals surface area contributed by atoms with Crippen LogP contribution >= 0.6 is 11.6 Å². The zero-order valence-corrected chi connectivity index (χ0v) is 14.9. The fourth-order valence-corrected chi connectivity index (χ4v) is 2.47. The molecule has 0 heterocycles. The first-order chi connectivity index (χ1) is 11.5. The molecule has 4 nitrogen and oxygen atoms in total. The molecule has 0 aliphatic heterocycles. The molecule has 0 bridgehead atoms. The van der Waals surface area contributed by atoms with Crippen molar-refractivity contribution >= 4 is 17.5 Å². The second kappa shape index (κ2) is 8.60. The van der Waals surface area contributed by atoms with Crippen LogP contribution in [0.15, 0.2) is 42.5 Å². The molecule has 0 aromatic heterocycles. The molecule has 1 amide bonds. The van der Waals surface area contributed by atoms with Crippen LogP contribution in [-0.4, -0.2) is 25.2 Å². The van der Waals surface area contributed by atoms with Crippen LogP contribution in [0.3, 0.4) is 0 Å². The minimum absolute atomic E-state index is 0.209. The van der Waals surface area contributed by atoms with Crippen molar-refractivity contribution in [2.24, 2.45) is 0 Å². The molecule has 0 spiro atoms. The van der Waals surface area contributed by atoms with Crippen molar-refractivity contribution in [1.29, 1.82) is 0 Å². The Morgan fingerprint density at radius 3 is 2.50 bits per heavy atom. The Morgan fingerprint density at radius 1 is 1.17 bits per heavy atom. The van der Waals surface area contributed by atoms with Crippen molar-refractivity contribution in [3.63, 3.8) is 0 Å². The van der Waals surface area contributed by atoms with Crippen LogP contribution in [0.4, 0.5) is 0 Å². The third-order valence-corrected chi connectivity index (χ3v) is 3.69. The van der Waals surface area contributed by atoms with E-state index in [0.717, 1.165) is 16.9 Å². The maximum Gasteiger partial charge on any atom is 0.260 e. The fraction of sp³-hybridized carbons (Fsp3) is 0.316. The molecular weight excluding hydrogens is 326 g/mol. The number of carbonyl (C=O) groups excluding carboxylic acids is 1. The lowest BCUT2D eigenvalue weighted by Gasteiger charge is -2.16. The summed E-state index contributed by atoms with van der Waals surface area (Å²) in [5, 5.41) is 3.27. The van der Waals surface area contributed by atoms with E-state index in [-0.39, 0.29) is 5.91 Å². The first kappa shape index (κ1) is 18.1. The zero-order valence-electron chi connectivity index (χ0n) is 14.1. The molecule has 0 aliphatic carbocycles. The van der Waals surface area contributed by atoms with Gasteiger partial charge >= 0.3 is 0 Å². The van der Waals surface area contributed by atoms with Crippen LogP contribution in [0.1, 0.15) is 18.1 Å². The number of amides is 1. The van der Waals surface area contributed by atoms with Gasteiger partial charge in [-0.05, 0) is 56.2 Å². The predicted octanol–water partition coefficient (Wildman–Crippen LogP) is 3.92. The number of nitrogens with one attached hydrogen (secondary N) is 1. The Bertz CT molecular complexity index is 683. The minimum Gasteiger partial charge on any atom is -0.492 e. The topological polar surface area (TPSA) is 47.6 Å². The summed E-state index contributed by atoms with van der Waals surface area (Å²) in [6.07, 6.45) is -0.633. The molecule has 1 unspecified atom stereocenters. The van der Waals surface area contributed by atoms with Gasteiger partial charge in [-0.2, -0.15) is 0 Å². The van der Waals surface area contributed by atoms with Gasteiger partial charge in [0, 0.05) is 0 Å². The number of rotatable bonds is 7. The molecular formula is C19H22ClNO3. The first-order valence-electron chi connectivity index (χ1n) is 7.85. The number of hydrogen-bond donors (Lipinski definition) is 1. The summed E-state index contributed by atoms with van der Waals surface area (Å²) in [7, 11) is 0. The molecule has 24 heavy (non-hydrogen) atoms. The largest absolute Gasteiger partial charge is 0.492 e. The molecule has 0 aliphatic rings. The third-order valence-electron chi connectivity index (χ3n) is 3.37. The predicted molar refractivity (Wildman–Crippen MR) is 96.0 cm³/mol. The number of aryl methyl sites for hydroxylation is 2. The van der Waals surface area contributed by atoms with Crippen molar-refractivity contribution in [2.75, 3.05) is 13.2 Å². The molecule has 0 fully saturated rings. The highest BCUT2D eigenvalue weighted by molar-refractivity contribution is 6.32. The molecule has 2 aromatic rings. The van der Waals surface area contributed by atoms with Gasteiger partial charge < -0.3 is 14.8 Å². The van der Waals surface area contributed by atoms with E-state index in [0.29, 0.717) is 23.9 Å². The quantitative estimate of drug-likeness (QED) is 0.772. The third kappa shape index (κ3) is 5.46. The summed E-state index contributed by atoms with van der Waals surface area (Å²) in [4.78, 5) is 12.0. The van der Waals surface area contributed by atoms with E-state index >= 15 is 0 Å². The zero-order chi connectivity index (χ0) is 17.5. The van der Waals surface area contributed by atoms with Crippen molar-refractivity contribution in [1.82, 2.24) is 5.32 Å². The van der Waals surface area contributed by atoms with E-state index in [1.54, 1.807) is 19.1 Å². The number of ether oxygens (including phenoxy) is 2. The number of carbonyl (C=O) groups is 1. The molecule has 1 atom stereocenters. The van der Waals surface area contributed by atoms with E-state index in [2.05, 4.69) is 11.4 Å². The van der Waals surface area contributed by atoms with Crippen molar-refractivity contribution < 1.29 is 14.3 Å².